The van der Waals surface area contributed by atoms with E-state index in [2.05, 4.69) is 16.1 Å². The van der Waals surface area contributed by atoms with E-state index < -0.39 is 24.3 Å². The summed E-state index contributed by atoms with van der Waals surface area (Å²) < 4.78 is 4.83. The second-order valence-electron chi connectivity index (χ2n) is 11.0. The van der Waals surface area contributed by atoms with Crippen LogP contribution in [0.25, 0.3) is 0 Å². The van der Waals surface area contributed by atoms with Crippen LogP contribution in [0.5, 0.6) is 0 Å². The molecule has 3 atom stereocenters. The number of amides is 2. The maximum Gasteiger partial charge on any atom is 0.326 e. The van der Waals surface area contributed by atoms with Gasteiger partial charge in [-0.25, -0.2) is 4.79 Å². The van der Waals surface area contributed by atoms with Crippen LogP contribution in [0.1, 0.15) is 135 Å². The quantitative estimate of drug-likeness (QED) is 0.0285. The van der Waals surface area contributed by atoms with E-state index in [0.29, 0.717) is 38.8 Å². The molecule has 0 saturated heterocycles. The Morgan fingerprint density at radius 2 is 1.22 bits per heavy atom. The highest BCUT2D eigenvalue weighted by atomic mass is 16.6. The van der Waals surface area contributed by atoms with Crippen molar-refractivity contribution in [3.8, 4) is 0 Å². The Bertz CT molecular complexity index is 654. The van der Waals surface area contributed by atoms with E-state index in [-0.39, 0.29) is 24.7 Å². The van der Waals surface area contributed by atoms with E-state index in [0.717, 1.165) is 32.1 Å². The molecule has 0 fully saturated rings. The minimum Gasteiger partial charge on any atom is -0.480 e. The lowest BCUT2D eigenvalue weighted by Crippen LogP contribution is -2.44. The number of unbranched alkanes of at least 4 members (excludes halogenated alkanes) is 15. The molecule has 8 N–H and O–H groups in total. The number of hydrogen-bond donors (Lipinski definition) is 7. The van der Waals surface area contributed by atoms with Crippen molar-refractivity contribution in [2.45, 2.75) is 153 Å². The van der Waals surface area contributed by atoms with Crippen molar-refractivity contribution in [3.63, 3.8) is 0 Å². The van der Waals surface area contributed by atoms with Gasteiger partial charge in [-0.2, -0.15) is 0 Å². The van der Waals surface area contributed by atoms with Gasteiger partial charge in [0.1, 0.15) is 6.04 Å². The molecule has 0 saturated carbocycles. The van der Waals surface area contributed by atoms with Crippen LogP contribution in [-0.2, 0) is 19.1 Å². The van der Waals surface area contributed by atoms with Crippen molar-refractivity contribution in [3.05, 3.63) is 0 Å². The maximum atomic E-state index is 12.2. The molecule has 0 aliphatic rings. The van der Waals surface area contributed by atoms with Gasteiger partial charge in [-0.15, -0.1) is 0 Å². The SMILES string of the molecule is COC(O)C(CCCCNC(=O)CCC(NC(=O)CCCCCCCCCCCCCCCCCO)C(=O)O)NN. The van der Waals surface area contributed by atoms with Gasteiger partial charge in [0.15, 0.2) is 6.29 Å². The number of aliphatic carboxylic acids is 1. The van der Waals surface area contributed by atoms with Gasteiger partial charge in [-0.1, -0.05) is 83.5 Å². The molecule has 0 aromatic rings. The maximum absolute atomic E-state index is 12.2. The van der Waals surface area contributed by atoms with Gasteiger partial charge in [0.05, 0.1) is 6.04 Å². The first-order chi connectivity index (χ1) is 19.8. The Hall–Kier alpha value is -1.79. The van der Waals surface area contributed by atoms with E-state index >= 15 is 0 Å². The number of carbonyl (C=O) groups is 3. The van der Waals surface area contributed by atoms with Crippen LogP contribution < -0.4 is 21.9 Å². The Morgan fingerprint density at radius 1 is 0.707 bits per heavy atom. The van der Waals surface area contributed by atoms with E-state index in [1.807, 2.05) is 0 Å². The largest absolute Gasteiger partial charge is 0.480 e. The Morgan fingerprint density at radius 3 is 1.68 bits per heavy atom. The van der Waals surface area contributed by atoms with Crippen LogP contribution in [0.4, 0.5) is 0 Å². The topological polar surface area (TPSA) is 183 Å². The fourth-order valence-corrected chi connectivity index (χ4v) is 4.77. The molecule has 2 amide bonds. The average Bonchev–Trinajstić information content (AvgIpc) is 2.96. The molecule has 242 valence electrons. The van der Waals surface area contributed by atoms with Crippen LogP contribution in [-0.4, -0.2) is 71.7 Å². The third-order valence-electron chi connectivity index (χ3n) is 7.42. The summed E-state index contributed by atoms with van der Waals surface area (Å²) in [6.45, 7) is 0.741. The van der Waals surface area contributed by atoms with Gasteiger partial charge in [-0.05, 0) is 38.5 Å². The molecule has 0 rings (SSSR count). The van der Waals surface area contributed by atoms with Crippen molar-refractivity contribution in [2.75, 3.05) is 20.3 Å². The Kier molecular flexibility index (Phi) is 27.1. The summed E-state index contributed by atoms with van der Waals surface area (Å²) in [5.74, 6) is 3.70. The molecule has 0 aromatic carbocycles. The lowest BCUT2D eigenvalue weighted by molar-refractivity contribution is -0.142. The Balaban J connectivity index is 3.76. The second-order valence-corrected chi connectivity index (χ2v) is 11.0. The molecule has 0 aromatic heterocycles. The molecule has 11 heteroatoms. The first-order valence-electron chi connectivity index (χ1n) is 15.9. The van der Waals surface area contributed by atoms with Crippen molar-refractivity contribution in [1.82, 2.24) is 16.1 Å². The van der Waals surface area contributed by atoms with E-state index in [4.69, 9.17) is 15.7 Å². The second kappa shape index (κ2) is 28.3. The normalized spacial score (nSPS) is 13.5. The number of carboxylic acid groups (broad SMARTS) is 1. The van der Waals surface area contributed by atoms with Crippen LogP contribution >= 0.6 is 0 Å². The summed E-state index contributed by atoms with van der Waals surface area (Å²) in [7, 11) is 1.39. The zero-order chi connectivity index (χ0) is 30.6. The van der Waals surface area contributed by atoms with Crippen molar-refractivity contribution in [1.29, 1.82) is 0 Å². The smallest absolute Gasteiger partial charge is 0.326 e. The third-order valence-corrected chi connectivity index (χ3v) is 7.42. The lowest BCUT2D eigenvalue weighted by Gasteiger charge is -2.20. The number of methoxy groups -OCH3 is 1. The molecule has 0 radical (unpaired) electrons. The molecule has 0 aliphatic carbocycles. The predicted octanol–water partition coefficient (Wildman–Crippen LogP) is 3.65. The van der Waals surface area contributed by atoms with Crippen LogP contribution in [0, 0.1) is 0 Å². The molecule has 0 heterocycles. The van der Waals surface area contributed by atoms with Gasteiger partial charge < -0.3 is 30.7 Å². The molecular formula is C30H60N4O7. The number of carbonyl (C=O) groups excluding carboxylic acids is 2. The van der Waals surface area contributed by atoms with Crippen molar-refractivity contribution in [2.24, 2.45) is 5.84 Å². The summed E-state index contributed by atoms with van der Waals surface area (Å²) >= 11 is 0. The first kappa shape index (κ1) is 39.2. The summed E-state index contributed by atoms with van der Waals surface area (Å²) in [5.41, 5.74) is 2.49. The standard InChI is InChI=1S/C30H60N4O7/c1-41-30(40)26(34-31)19-16-17-23-32-27(36)22-21-25(29(38)39)33-28(37)20-15-13-11-9-7-5-3-2-4-6-8-10-12-14-18-24-35/h25-26,30,34-35,40H,2-24,31H2,1H3,(H,32,36)(H,33,37)(H,38,39). The zero-order valence-electron chi connectivity index (χ0n) is 25.5. The highest BCUT2D eigenvalue weighted by Crippen LogP contribution is 2.14. The molecule has 0 bridgehead atoms. The average molecular weight is 589 g/mol. The van der Waals surface area contributed by atoms with E-state index in [1.54, 1.807) is 0 Å². The van der Waals surface area contributed by atoms with Gasteiger partial charge in [-0.3, -0.25) is 20.9 Å². The first-order valence-corrected chi connectivity index (χ1v) is 15.9. The van der Waals surface area contributed by atoms with Gasteiger partial charge >= 0.3 is 5.97 Å². The number of nitrogens with two attached hydrogens (primary N) is 1. The summed E-state index contributed by atoms with van der Waals surface area (Å²) in [4.78, 5) is 35.8. The Labute approximate surface area is 247 Å². The fourth-order valence-electron chi connectivity index (χ4n) is 4.77. The van der Waals surface area contributed by atoms with Gasteiger partial charge in [0.2, 0.25) is 11.8 Å². The number of hydrazine groups is 1. The van der Waals surface area contributed by atoms with Crippen molar-refractivity contribution < 1.29 is 34.4 Å². The highest BCUT2D eigenvalue weighted by Gasteiger charge is 2.21. The van der Waals surface area contributed by atoms with E-state index in [1.165, 1.54) is 71.3 Å². The molecule has 3 unspecified atom stereocenters. The molecular weight excluding hydrogens is 528 g/mol. The number of aliphatic hydroxyl groups is 2. The summed E-state index contributed by atoms with van der Waals surface area (Å²) in [6.07, 6.45) is 18.8. The van der Waals surface area contributed by atoms with Crippen LogP contribution in [0.2, 0.25) is 0 Å². The predicted molar refractivity (Wildman–Crippen MR) is 161 cm³/mol. The monoisotopic (exact) mass is 588 g/mol. The zero-order valence-corrected chi connectivity index (χ0v) is 25.5. The summed E-state index contributed by atoms with van der Waals surface area (Å²) in [6, 6.07) is -1.48. The number of ether oxygens (including phenoxy) is 1. The number of hydrogen-bond acceptors (Lipinski definition) is 8. The minimum atomic E-state index is -1.14. The van der Waals surface area contributed by atoms with Crippen molar-refractivity contribution >= 4 is 17.8 Å². The van der Waals surface area contributed by atoms with Crippen LogP contribution in [0.3, 0.4) is 0 Å². The third kappa shape index (κ3) is 24.5. The molecule has 41 heavy (non-hydrogen) atoms. The molecule has 0 spiro atoms. The number of carboxylic acids is 1. The van der Waals surface area contributed by atoms with Crippen LogP contribution in [0.15, 0.2) is 0 Å². The molecule has 11 nitrogen and oxygen atoms in total. The molecule has 0 aliphatic heterocycles. The number of rotatable bonds is 30. The van der Waals surface area contributed by atoms with Gasteiger partial charge in [0.25, 0.3) is 0 Å². The fraction of sp³-hybridized carbons (Fsp3) is 0.900. The number of aliphatic hydroxyl groups excluding tert-OH is 2. The van der Waals surface area contributed by atoms with E-state index in [9.17, 15) is 24.6 Å². The minimum absolute atomic E-state index is 0.0119. The lowest BCUT2D eigenvalue weighted by atomic mass is 10.0. The number of nitrogens with one attached hydrogen (secondary N) is 3. The van der Waals surface area contributed by atoms with Gasteiger partial charge in [0, 0.05) is 33.1 Å². The summed E-state index contributed by atoms with van der Waals surface area (Å²) in [5, 5.41) is 33.1. The highest BCUT2D eigenvalue weighted by molar-refractivity contribution is 5.84.